The van der Waals surface area contributed by atoms with Gasteiger partial charge in [0.15, 0.2) is 0 Å². The predicted molar refractivity (Wildman–Crippen MR) is 86.8 cm³/mol. The van der Waals surface area contributed by atoms with Crippen molar-refractivity contribution in [1.29, 1.82) is 0 Å². The molecule has 1 aromatic heterocycles. The molecule has 0 aliphatic rings. The van der Waals surface area contributed by atoms with Crippen molar-refractivity contribution in [2.75, 3.05) is 30.9 Å². The van der Waals surface area contributed by atoms with Crippen LogP contribution in [0.4, 0.5) is 24.7 Å². The number of nitrogens with zero attached hydrogens (tertiary/aromatic N) is 2. The number of rotatable bonds is 6. The molecule has 0 bridgehead atoms. The fourth-order valence-corrected chi connectivity index (χ4v) is 2.08. The number of carbonyl (C=O) groups excluding carboxylic acids is 1. The van der Waals surface area contributed by atoms with Crippen LogP contribution in [0.1, 0.15) is 16.1 Å². The molecule has 0 radical (unpaired) electrons. The zero-order chi connectivity index (χ0) is 18.4. The Balaban J connectivity index is 2.19. The van der Waals surface area contributed by atoms with Crippen molar-refractivity contribution in [3.8, 4) is 0 Å². The summed E-state index contributed by atoms with van der Waals surface area (Å²) >= 11 is 5.61. The number of carbonyl (C=O) groups is 1. The molecule has 2 aromatic rings. The highest BCUT2D eigenvalue weighted by Gasteiger charge is 2.34. The summed E-state index contributed by atoms with van der Waals surface area (Å²) in [4.78, 5) is 19.9. The van der Waals surface area contributed by atoms with Crippen molar-refractivity contribution < 1.29 is 22.7 Å². The van der Waals surface area contributed by atoms with Gasteiger partial charge in [-0.1, -0.05) is 11.6 Å². The maximum atomic E-state index is 13.1. The molecule has 1 amide bonds. The van der Waals surface area contributed by atoms with Crippen molar-refractivity contribution in [1.82, 2.24) is 9.97 Å². The lowest BCUT2D eigenvalue weighted by Gasteiger charge is -2.14. The number of anilines is 2. The van der Waals surface area contributed by atoms with Gasteiger partial charge in [-0.2, -0.15) is 13.2 Å². The number of nitrogens with one attached hydrogen (secondary N) is 2. The Hall–Kier alpha value is -2.39. The lowest BCUT2D eigenvalue weighted by Crippen LogP contribution is -2.18. The molecule has 0 spiro atoms. The van der Waals surface area contributed by atoms with Crippen LogP contribution >= 0.6 is 11.6 Å². The summed E-state index contributed by atoms with van der Waals surface area (Å²) in [6, 6.07) is 4.41. The fourth-order valence-electron chi connectivity index (χ4n) is 1.91. The summed E-state index contributed by atoms with van der Waals surface area (Å²) < 4.78 is 44.1. The minimum Gasteiger partial charge on any atom is -0.383 e. The van der Waals surface area contributed by atoms with Gasteiger partial charge in [0.1, 0.15) is 17.8 Å². The summed E-state index contributed by atoms with van der Waals surface area (Å²) in [5.41, 5.74) is -1.53. The summed E-state index contributed by atoms with van der Waals surface area (Å²) in [5.74, 6) is -0.450. The Morgan fingerprint density at radius 1 is 1.28 bits per heavy atom. The number of benzene rings is 1. The highest BCUT2D eigenvalue weighted by molar-refractivity contribution is 6.30. The highest BCUT2D eigenvalue weighted by Crippen LogP contribution is 2.36. The largest absolute Gasteiger partial charge is 0.418 e. The molecule has 1 aromatic carbocycles. The molecule has 2 N–H and O–H groups in total. The quantitative estimate of drug-likeness (QED) is 0.757. The van der Waals surface area contributed by atoms with Crippen LogP contribution in [0.25, 0.3) is 0 Å². The summed E-state index contributed by atoms with van der Waals surface area (Å²) in [6.45, 7) is 0.870. The van der Waals surface area contributed by atoms with Crippen molar-refractivity contribution in [3.63, 3.8) is 0 Å². The minimum absolute atomic E-state index is 0.0852. The molecule has 134 valence electrons. The number of hydrogen-bond acceptors (Lipinski definition) is 5. The Morgan fingerprint density at radius 2 is 2.04 bits per heavy atom. The van der Waals surface area contributed by atoms with Gasteiger partial charge in [-0.25, -0.2) is 9.97 Å². The summed E-state index contributed by atoms with van der Waals surface area (Å²) in [6.07, 6.45) is -3.53. The normalized spacial score (nSPS) is 11.2. The van der Waals surface area contributed by atoms with Gasteiger partial charge in [0.05, 0.1) is 17.9 Å². The van der Waals surface area contributed by atoms with Gasteiger partial charge in [0, 0.05) is 24.7 Å². The fraction of sp³-hybridized carbons (Fsp3) is 0.267. The molecule has 25 heavy (non-hydrogen) atoms. The van der Waals surface area contributed by atoms with Gasteiger partial charge in [-0.05, 0) is 18.2 Å². The van der Waals surface area contributed by atoms with E-state index in [1.165, 1.54) is 19.2 Å². The molecule has 2 rings (SSSR count). The number of methoxy groups -OCH3 is 1. The molecule has 0 unspecified atom stereocenters. The van der Waals surface area contributed by atoms with E-state index < -0.39 is 23.3 Å². The number of ether oxygens (including phenoxy) is 1. The molecule has 6 nitrogen and oxygen atoms in total. The average molecular weight is 375 g/mol. The molecule has 1 heterocycles. The smallest absolute Gasteiger partial charge is 0.383 e. The lowest BCUT2D eigenvalue weighted by molar-refractivity contribution is -0.136. The van der Waals surface area contributed by atoms with E-state index in [2.05, 4.69) is 20.6 Å². The number of amides is 1. The van der Waals surface area contributed by atoms with E-state index in [4.69, 9.17) is 16.3 Å². The van der Waals surface area contributed by atoms with Gasteiger partial charge in [0.25, 0.3) is 5.91 Å². The maximum absolute atomic E-state index is 13.1. The third-order valence-corrected chi connectivity index (χ3v) is 3.28. The van der Waals surface area contributed by atoms with Gasteiger partial charge in [-0.3, -0.25) is 4.79 Å². The second kappa shape index (κ2) is 8.13. The zero-order valence-electron chi connectivity index (χ0n) is 13.0. The van der Waals surface area contributed by atoms with Gasteiger partial charge < -0.3 is 15.4 Å². The average Bonchev–Trinajstić information content (AvgIpc) is 2.56. The molecule has 0 saturated carbocycles. The van der Waals surface area contributed by atoms with Crippen LogP contribution in [-0.4, -0.2) is 36.1 Å². The summed E-state index contributed by atoms with van der Waals surface area (Å²) in [7, 11) is 1.53. The number of hydrogen-bond donors (Lipinski definition) is 2. The van der Waals surface area contributed by atoms with Crippen LogP contribution in [0.3, 0.4) is 0 Å². The zero-order valence-corrected chi connectivity index (χ0v) is 13.8. The van der Waals surface area contributed by atoms with E-state index in [9.17, 15) is 18.0 Å². The predicted octanol–water partition coefficient (Wildman–Crippen LogP) is 3.46. The van der Waals surface area contributed by atoms with E-state index in [-0.39, 0.29) is 10.7 Å². The van der Waals surface area contributed by atoms with Crippen molar-refractivity contribution >= 4 is 29.0 Å². The van der Waals surface area contributed by atoms with Gasteiger partial charge >= 0.3 is 6.18 Å². The number of aromatic nitrogens is 2. The first kappa shape index (κ1) is 18.9. The van der Waals surface area contributed by atoms with Crippen molar-refractivity contribution in [2.45, 2.75) is 6.18 Å². The van der Waals surface area contributed by atoms with Crippen LogP contribution in [0.15, 0.2) is 30.6 Å². The van der Waals surface area contributed by atoms with E-state index >= 15 is 0 Å². The Labute approximate surface area is 146 Å². The molecule has 0 fully saturated rings. The molecule has 0 atom stereocenters. The van der Waals surface area contributed by atoms with E-state index in [1.807, 2.05) is 0 Å². The third kappa shape index (κ3) is 5.30. The van der Waals surface area contributed by atoms with Gasteiger partial charge in [0.2, 0.25) is 0 Å². The van der Waals surface area contributed by atoms with Crippen molar-refractivity contribution in [2.24, 2.45) is 0 Å². The second-order valence-electron chi connectivity index (χ2n) is 4.85. The minimum atomic E-state index is -4.66. The lowest BCUT2D eigenvalue weighted by atomic mass is 10.1. The van der Waals surface area contributed by atoms with E-state index in [1.54, 1.807) is 0 Å². The van der Waals surface area contributed by atoms with E-state index in [0.29, 0.717) is 19.0 Å². The van der Waals surface area contributed by atoms with Crippen LogP contribution < -0.4 is 10.6 Å². The highest BCUT2D eigenvalue weighted by atomic mass is 35.5. The topological polar surface area (TPSA) is 76.1 Å². The first-order valence-corrected chi connectivity index (χ1v) is 7.42. The Kier molecular flexibility index (Phi) is 6.16. The maximum Gasteiger partial charge on any atom is 0.418 e. The standard InChI is InChI=1S/C15H14ClF3N4O2/c1-25-5-4-20-13-7-12(21-8-22-13)14(24)23-11-3-2-9(16)6-10(11)15(17,18)19/h2-3,6-8H,4-5H2,1H3,(H,23,24)(H,20,21,22). The van der Waals surface area contributed by atoms with Crippen LogP contribution in [0.5, 0.6) is 0 Å². The molecule has 0 aliphatic heterocycles. The monoisotopic (exact) mass is 374 g/mol. The number of halogens is 4. The first-order valence-electron chi connectivity index (χ1n) is 7.04. The molecular formula is C15H14ClF3N4O2. The first-order chi connectivity index (χ1) is 11.8. The molecule has 0 saturated heterocycles. The van der Waals surface area contributed by atoms with Crippen LogP contribution in [-0.2, 0) is 10.9 Å². The summed E-state index contributed by atoms with van der Waals surface area (Å²) in [5, 5.41) is 5.00. The number of alkyl halides is 3. The Morgan fingerprint density at radius 3 is 2.72 bits per heavy atom. The van der Waals surface area contributed by atoms with Gasteiger partial charge in [-0.15, -0.1) is 0 Å². The van der Waals surface area contributed by atoms with Crippen molar-refractivity contribution in [3.05, 3.63) is 46.9 Å². The molecular weight excluding hydrogens is 361 g/mol. The van der Waals surface area contributed by atoms with Crippen LogP contribution in [0.2, 0.25) is 5.02 Å². The Bertz CT molecular complexity index is 756. The third-order valence-electron chi connectivity index (χ3n) is 3.05. The van der Waals surface area contributed by atoms with E-state index in [0.717, 1.165) is 18.5 Å². The molecule has 0 aliphatic carbocycles. The second-order valence-corrected chi connectivity index (χ2v) is 5.29. The molecule has 10 heteroatoms. The van der Waals surface area contributed by atoms with Crippen LogP contribution in [0, 0.1) is 0 Å². The SMILES string of the molecule is COCCNc1cc(C(=O)Nc2ccc(Cl)cc2C(F)(F)F)ncn1.